The molecule has 1 heterocycles. The number of methoxy groups -OCH3 is 1. The van der Waals surface area contributed by atoms with Crippen molar-refractivity contribution < 1.29 is 19.1 Å². The van der Waals surface area contributed by atoms with Crippen molar-refractivity contribution >= 4 is 34.2 Å². The Labute approximate surface area is 168 Å². The van der Waals surface area contributed by atoms with Crippen molar-refractivity contribution in [2.24, 2.45) is 0 Å². The van der Waals surface area contributed by atoms with Crippen molar-refractivity contribution in [3.8, 4) is 0 Å². The van der Waals surface area contributed by atoms with E-state index in [1.165, 1.54) is 24.0 Å². The number of aryl methyl sites for hydroxylation is 2. The molecular weight excluding hydrogens is 376 g/mol. The van der Waals surface area contributed by atoms with E-state index in [0.717, 1.165) is 48.1 Å². The van der Waals surface area contributed by atoms with E-state index in [1.807, 2.05) is 24.3 Å². The van der Waals surface area contributed by atoms with Crippen LogP contribution in [0.25, 0.3) is 0 Å². The third kappa shape index (κ3) is 4.59. The van der Waals surface area contributed by atoms with Crippen molar-refractivity contribution in [3.63, 3.8) is 0 Å². The molecule has 3 rings (SSSR count). The first-order valence-corrected chi connectivity index (χ1v) is 10.2. The summed E-state index contributed by atoms with van der Waals surface area (Å²) in [7, 11) is 1.21. The fraction of sp³-hybridized carbons (Fsp3) is 0.381. The van der Waals surface area contributed by atoms with E-state index >= 15 is 0 Å². The Kier molecular flexibility index (Phi) is 6.46. The van der Waals surface area contributed by atoms with Crippen molar-refractivity contribution in [1.29, 1.82) is 0 Å². The lowest BCUT2D eigenvalue weighted by Crippen LogP contribution is -2.31. The van der Waals surface area contributed by atoms with Crippen LogP contribution in [0.4, 0.5) is 9.80 Å². The van der Waals surface area contributed by atoms with Gasteiger partial charge in [0.05, 0.1) is 19.1 Å². The Hall–Kier alpha value is -2.67. The SMILES string of the molecule is CCc1ccc(CC(=O)Nc2sc3c(c2C(=O)NC(=O)OC)CCCC3)cc1. The number of rotatable bonds is 5. The maximum absolute atomic E-state index is 12.6. The summed E-state index contributed by atoms with van der Waals surface area (Å²) < 4.78 is 4.53. The molecular formula is C21H24N2O4S. The van der Waals surface area contributed by atoms with Gasteiger partial charge >= 0.3 is 6.09 Å². The van der Waals surface area contributed by atoms with Crippen LogP contribution in [0.15, 0.2) is 24.3 Å². The van der Waals surface area contributed by atoms with Crippen LogP contribution in [0.2, 0.25) is 0 Å². The molecule has 1 aromatic carbocycles. The Balaban J connectivity index is 1.79. The number of carbonyl (C=O) groups is 3. The molecule has 0 saturated carbocycles. The first kappa shape index (κ1) is 20.1. The van der Waals surface area contributed by atoms with Gasteiger partial charge in [-0.2, -0.15) is 0 Å². The predicted octanol–water partition coefficient (Wildman–Crippen LogP) is 3.87. The second-order valence-corrected chi connectivity index (χ2v) is 7.86. The molecule has 0 saturated heterocycles. The third-order valence-electron chi connectivity index (χ3n) is 4.85. The summed E-state index contributed by atoms with van der Waals surface area (Å²) in [5, 5.41) is 5.60. The van der Waals surface area contributed by atoms with Gasteiger partial charge in [-0.05, 0) is 48.8 Å². The molecule has 148 valence electrons. The van der Waals surface area contributed by atoms with Crippen LogP contribution in [0.5, 0.6) is 0 Å². The van der Waals surface area contributed by atoms with Gasteiger partial charge in [-0.25, -0.2) is 4.79 Å². The molecule has 0 atom stereocenters. The van der Waals surface area contributed by atoms with Crippen molar-refractivity contribution in [2.75, 3.05) is 12.4 Å². The van der Waals surface area contributed by atoms with Crippen LogP contribution >= 0.6 is 11.3 Å². The molecule has 2 N–H and O–H groups in total. The fourth-order valence-electron chi connectivity index (χ4n) is 3.35. The van der Waals surface area contributed by atoms with E-state index in [2.05, 4.69) is 22.3 Å². The first-order chi connectivity index (χ1) is 13.5. The number of anilines is 1. The quantitative estimate of drug-likeness (QED) is 0.798. The van der Waals surface area contributed by atoms with Crippen LogP contribution in [-0.4, -0.2) is 25.0 Å². The van der Waals surface area contributed by atoms with Crippen LogP contribution in [0, 0.1) is 0 Å². The van der Waals surface area contributed by atoms with Crippen LogP contribution in [0.1, 0.15) is 51.7 Å². The molecule has 2 aromatic rings. The molecule has 0 fully saturated rings. The van der Waals surface area contributed by atoms with Gasteiger partial charge in [0.2, 0.25) is 5.91 Å². The van der Waals surface area contributed by atoms with Crippen molar-refractivity contribution in [3.05, 3.63) is 51.4 Å². The molecule has 0 bridgehead atoms. The van der Waals surface area contributed by atoms with Gasteiger partial charge in [0.1, 0.15) is 5.00 Å². The maximum Gasteiger partial charge on any atom is 0.413 e. The van der Waals surface area contributed by atoms with E-state index < -0.39 is 12.0 Å². The van der Waals surface area contributed by atoms with Crippen molar-refractivity contribution in [1.82, 2.24) is 5.32 Å². The van der Waals surface area contributed by atoms with Crippen LogP contribution in [0.3, 0.4) is 0 Å². The zero-order valence-corrected chi connectivity index (χ0v) is 16.9. The average molecular weight is 401 g/mol. The van der Waals surface area contributed by atoms with E-state index in [0.29, 0.717) is 10.6 Å². The standard InChI is InChI=1S/C21H24N2O4S/c1-3-13-8-10-14(11-9-13)12-17(24)22-20-18(19(25)23-21(26)27-2)15-6-4-5-7-16(15)28-20/h8-11H,3-7,12H2,1-2H3,(H,22,24)(H,23,25,26). The third-order valence-corrected chi connectivity index (χ3v) is 6.06. The van der Waals surface area contributed by atoms with Gasteiger partial charge in [0, 0.05) is 4.88 Å². The molecule has 0 aliphatic heterocycles. The zero-order valence-electron chi connectivity index (χ0n) is 16.1. The Morgan fingerprint density at radius 3 is 2.43 bits per heavy atom. The smallest absolute Gasteiger partial charge is 0.413 e. The van der Waals surface area contributed by atoms with Gasteiger partial charge in [0.15, 0.2) is 0 Å². The van der Waals surface area contributed by atoms with Gasteiger partial charge in [-0.15, -0.1) is 11.3 Å². The topological polar surface area (TPSA) is 84.5 Å². The van der Waals surface area contributed by atoms with Gasteiger partial charge in [-0.1, -0.05) is 31.2 Å². The largest absolute Gasteiger partial charge is 0.453 e. The minimum atomic E-state index is -0.811. The Bertz CT molecular complexity index is 887. The Morgan fingerprint density at radius 1 is 1.07 bits per heavy atom. The summed E-state index contributed by atoms with van der Waals surface area (Å²) in [6, 6.07) is 7.93. The highest BCUT2D eigenvalue weighted by Crippen LogP contribution is 2.38. The molecule has 1 aliphatic carbocycles. The summed E-state index contributed by atoms with van der Waals surface area (Å²) in [5.74, 6) is -0.719. The molecule has 7 heteroatoms. The predicted molar refractivity (Wildman–Crippen MR) is 109 cm³/mol. The molecule has 6 nitrogen and oxygen atoms in total. The minimum absolute atomic E-state index is 0.185. The number of thiophene rings is 1. The molecule has 1 aromatic heterocycles. The number of ether oxygens (including phenoxy) is 1. The summed E-state index contributed by atoms with van der Waals surface area (Å²) in [5.41, 5.74) is 3.45. The van der Waals surface area contributed by atoms with E-state index in [9.17, 15) is 14.4 Å². The molecule has 0 unspecified atom stereocenters. The summed E-state index contributed by atoms with van der Waals surface area (Å²) in [6.45, 7) is 2.08. The highest BCUT2D eigenvalue weighted by molar-refractivity contribution is 7.17. The van der Waals surface area contributed by atoms with Gasteiger partial charge in [-0.3, -0.25) is 14.9 Å². The van der Waals surface area contributed by atoms with Crippen LogP contribution in [-0.2, 0) is 35.2 Å². The molecule has 1 aliphatic rings. The molecule has 3 amide bonds. The number of carbonyl (C=O) groups excluding carboxylic acids is 3. The summed E-state index contributed by atoms with van der Waals surface area (Å²) in [4.78, 5) is 37.8. The monoisotopic (exact) mass is 400 g/mol. The molecule has 0 radical (unpaired) electrons. The summed E-state index contributed by atoms with van der Waals surface area (Å²) >= 11 is 1.43. The lowest BCUT2D eigenvalue weighted by molar-refractivity contribution is -0.115. The number of imide groups is 1. The number of amides is 3. The normalized spacial score (nSPS) is 12.8. The molecule has 28 heavy (non-hydrogen) atoms. The number of hydrogen-bond donors (Lipinski definition) is 2. The lowest BCUT2D eigenvalue weighted by Gasteiger charge is -2.12. The van der Waals surface area contributed by atoms with Gasteiger partial charge < -0.3 is 10.1 Å². The highest BCUT2D eigenvalue weighted by atomic mass is 32.1. The first-order valence-electron chi connectivity index (χ1n) is 9.43. The minimum Gasteiger partial charge on any atom is -0.453 e. The highest BCUT2D eigenvalue weighted by Gasteiger charge is 2.27. The van der Waals surface area contributed by atoms with E-state index in [1.54, 1.807) is 0 Å². The van der Waals surface area contributed by atoms with E-state index in [-0.39, 0.29) is 12.3 Å². The van der Waals surface area contributed by atoms with E-state index in [4.69, 9.17) is 0 Å². The second-order valence-electron chi connectivity index (χ2n) is 6.76. The Morgan fingerprint density at radius 2 is 1.75 bits per heavy atom. The van der Waals surface area contributed by atoms with Crippen molar-refractivity contribution in [2.45, 2.75) is 45.4 Å². The lowest BCUT2D eigenvalue weighted by atomic mass is 9.95. The van der Waals surface area contributed by atoms with Gasteiger partial charge in [0.25, 0.3) is 5.91 Å². The number of alkyl carbamates (subject to hydrolysis) is 1. The average Bonchev–Trinajstić information content (AvgIpc) is 3.06. The zero-order chi connectivity index (χ0) is 20.1. The number of fused-ring (bicyclic) bond motifs is 1. The summed E-state index contributed by atoms with van der Waals surface area (Å²) in [6.07, 6.45) is 4.06. The van der Waals surface area contributed by atoms with Crippen LogP contribution < -0.4 is 10.6 Å². The maximum atomic E-state index is 12.6. The number of benzene rings is 1. The fourth-order valence-corrected chi connectivity index (χ4v) is 4.65. The molecule has 0 spiro atoms. The number of nitrogens with one attached hydrogen (secondary N) is 2. The second kappa shape index (κ2) is 9.01. The number of hydrogen-bond acceptors (Lipinski definition) is 5.